The molecule has 0 unspecified atom stereocenters. The quantitative estimate of drug-likeness (QED) is 0.246. The van der Waals surface area contributed by atoms with Crippen LogP contribution < -0.4 is 14.8 Å². The van der Waals surface area contributed by atoms with Crippen molar-refractivity contribution < 1.29 is 23.8 Å². The molecule has 1 aromatic heterocycles. The Labute approximate surface area is 199 Å². The summed E-state index contributed by atoms with van der Waals surface area (Å²) in [6.45, 7) is 7.30. The number of ether oxygens (including phenoxy) is 3. The van der Waals surface area contributed by atoms with Gasteiger partial charge in [-0.05, 0) is 75.3 Å². The van der Waals surface area contributed by atoms with E-state index in [1.807, 2.05) is 25.1 Å². The topological polar surface area (TPSA) is 73.9 Å². The molecule has 7 heteroatoms. The lowest BCUT2D eigenvalue weighted by atomic mass is 9.95. The Hall–Kier alpha value is -2.80. The van der Waals surface area contributed by atoms with Crippen LogP contribution in [0.5, 0.6) is 11.5 Å². The highest BCUT2D eigenvalue weighted by molar-refractivity contribution is 7.17. The van der Waals surface area contributed by atoms with Gasteiger partial charge < -0.3 is 19.5 Å². The minimum absolute atomic E-state index is 0.291. The Morgan fingerprint density at radius 2 is 1.88 bits per heavy atom. The molecule has 0 fully saturated rings. The largest absolute Gasteiger partial charge is 0.490 e. The predicted molar refractivity (Wildman–Crippen MR) is 133 cm³/mol. The average molecular weight is 472 g/mol. The van der Waals surface area contributed by atoms with Crippen molar-refractivity contribution in [3.63, 3.8) is 0 Å². The second kappa shape index (κ2) is 12.4. The molecule has 1 aromatic carbocycles. The zero-order valence-corrected chi connectivity index (χ0v) is 20.5. The molecule has 0 spiro atoms. The van der Waals surface area contributed by atoms with E-state index in [1.54, 1.807) is 13.0 Å². The number of hydrogen-bond acceptors (Lipinski definition) is 6. The fraction of sp³-hybridized carbons (Fsp3) is 0.462. The van der Waals surface area contributed by atoms with Crippen LogP contribution in [-0.4, -0.2) is 31.7 Å². The predicted octanol–water partition coefficient (Wildman–Crippen LogP) is 6.03. The Balaban J connectivity index is 1.74. The Kier molecular flexibility index (Phi) is 9.36. The molecule has 1 aliphatic rings. The maximum absolute atomic E-state index is 12.7. The highest BCUT2D eigenvalue weighted by Gasteiger charge is 2.26. The van der Waals surface area contributed by atoms with Crippen LogP contribution in [0.3, 0.4) is 0 Å². The molecule has 0 radical (unpaired) electrons. The second-order valence-electron chi connectivity index (χ2n) is 7.80. The number of aryl methyl sites for hydroxylation is 1. The molecule has 6 nitrogen and oxygen atoms in total. The van der Waals surface area contributed by atoms with Crippen molar-refractivity contribution in [3.05, 3.63) is 45.8 Å². The Morgan fingerprint density at radius 1 is 1.06 bits per heavy atom. The summed E-state index contributed by atoms with van der Waals surface area (Å²) in [6.07, 6.45) is 9.16. The van der Waals surface area contributed by atoms with Crippen LogP contribution in [-0.2, 0) is 22.4 Å². The minimum Gasteiger partial charge on any atom is -0.490 e. The molecule has 1 heterocycles. The minimum atomic E-state index is -0.365. The third-order valence-electron chi connectivity index (χ3n) is 5.34. The van der Waals surface area contributed by atoms with Crippen molar-refractivity contribution in [3.8, 4) is 11.5 Å². The van der Waals surface area contributed by atoms with Gasteiger partial charge in [-0.1, -0.05) is 19.4 Å². The van der Waals surface area contributed by atoms with Crippen molar-refractivity contribution in [2.45, 2.75) is 59.3 Å². The summed E-state index contributed by atoms with van der Waals surface area (Å²) >= 11 is 1.48. The smallest absolute Gasteiger partial charge is 0.341 e. The van der Waals surface area contributed by atoms with Crippen LogP contribution in [0.25, 0.3) is 6.08 Å². The lowest BCUT2D eigenvalue weighted by Crippen LogP contribution is -2.14. The normalized spacial score (nSPS) is 12.9. The van der Waals surface area contributed by atoms with E-state index in [9.17, 15) is 9.59 Å². The van der Waals surface area contributed by atoms with Crippen molar-refractivity contribution in [2.75, 3.05) is 25.1 Å². The summed E-state index contributed by atoms with van der Waals surface area (Å²) in [7, 11) is 0. The lowest BCUT2D eigenvalue weighted by molar-refractivity contribution is -0.111. The van der Waals surface area contributed by atoms with Crippen molar-refractivity contribution in [2.24, 2.45) is 0 Å². The first-order chi connectivity index (χ1) is 16.1. The molecule has 0 saturated heterocycles. The lowest BCUT2D eigenvalue weighted by Gasteiger charge is -2.12. The highest BCUT2D eigenvalue weighted by atomic mass is 32.1. The number of esters is 1. The SMILES string of the molecule is CCCCOc1ccc(/C=C/C(=O)Nc2sc3c(c2C(=O)OCC)CCCC3)cc1OCC. The van der Waals surface area contributed by atoms with E-state index >= 15 is 0 Å². The number of benzene rings is 1. The number of carbonyl (C=O) groups is 2. The van der Waals surface area contributed by atoms with Gasteiger partial charge in [-0.2, -0.15) is 0 Å². The van der Waals surface area contributed by atoms with E-state index in [-0.39, 0.29) is 11.9 Å². The number of thiophene rings is 1. The van der Waals surface area contributed by atoms with Crippen LogP contribution in [0.1, 0.15) is 72.8 Å². The van der Waals surface area contributed by atoms with Gasteiger partial charge in [-0.25, -0.2) is 4.79 Å². The monoisotopic (exact) mass is 471 g/mol. The molecule has 1 N–H and O–H groups in total. The highest BCUT2D eigenvalue weighted by Crippen LogP contribution is 2.38. The Morgan fingerprint density at radius 3 is 2.64 bits per heavy atom. The summed E-state index contributed by atoms with van der Waals surface area (Å²) in [5.74, 6) is 0.707. The zero-order chi connectivity index (χ0) is 23.6. The molecule has 0 bridgehead atoms. The number of carbonyl (C=O) groups excluding carboxylic acids is 2. The first-order valence-electron chi connectivity index (χ1n) is 11.8. The van der Waals surface area contributed by atoms with E-state index in [0.29, 0.717) is 41.9 Å². The van der Waals surface area contributed by atoms with Gasteiger partial charge in [0.25, 0.3) is 0 Å². The molecule has 0 atom stereocenters. The van der Waals surface area contributed by atoms with Crippen molar-refractivity contribution >= 4 is 34.3 Å². The van der Waals surface area contributed by atoms with Gasteiger partial charge >= 0.3 is 5.97 Å². The van der Waals surface area contributed by atoms with Crippen LogP contribution in [0.4, 0.5) is 5.00 Å². The van der Waals surface area contributed by atoms with E-state index in [0.717, 1.165) is 49.7 Å². The third kappa shape index (κ3) is 6.60. The molecular formula is C26H33NO5S. The summed E-state index contributed by atoms with van der Waals surface area (Å²) in [6, 6.07) is 5.62. The summed E-state index contributed by atoms with van der Waals surface area (Å²) in [4.78, 5) is 26.4. The van der Waals surface area contributed by atoms with Crippen LogP contribution in [0.2, 0.25) is 0 Å². The van der Waals surface area contributed by atoms with Crippen molar-refractivity contribution in [1.29, 1.82) is 0 Å². The fourth-order valence-electron chi connectivity index (χ4n) is 3.74. The maximum atomic E-state index is 12.7. The van der Waals surface area contributed by atoms with E-state index in [1.165, 1.54) is 22.3 Å². The van der Waals surface area contributed by atoms with Gasteiger partial charge in [0.15, 0.2) is 11.5 Å². The number of amides is 1. The van der Waals surface area contributed by atoms with Crippen LogP contribution in [0, 0.1) is 0 Å². The van der Waals surface area contributed by atoms with E-state index in [4.69, 9.17) is 14.2 Å². The summed E-state index contributed by atoms with van der Waals surface area (Å²) < 4.78 is 16.8. The van der Waals surface area contributed by atoms with Crippen LogP contribution in [0.15, 0.2) is 24.3 Å². The second-order valence-corrected chi connectivity index (χ2v) is 8.90. The molecule has 0 saturated carbocycles. The molecular weight excluding hydrogens is 438 g/mol. The van der Waals surface area contributed by atoms with Crippen LogP contribution >= 0.6 is 11.3 Å². The number of fused-ring (bicyclic) bond motifs is 1. The number of unbranched alkanes of at least 4 members (excludes halogenated alkanes) is 1. The standard InChI is InChI=1S/C26H33NO5S/c1-4-7-16-32-20-14-12-18(17-21(20)30-5-2)13-15-23(28)27-25-24(26(29)31-6-3)19-10-8-9-11-22(19)33-25/h12-15,17H,4-11,16H2,1-3H3,(H,27,28)/b15-13+. The maximum Gasteiger partial charge on any atom is 0.341 e. The molecule has 3 rings (SSSR count). The first kappa shape index (κ1) is 24.8. The average Bonchev–Trinajstić information content (AvgIpc) is 3.17. The molecule has 2 aromatic rings. The fourth-order valence-corrected chi connectivity index (χ4v) is 5.02. The number of hydrogen-bond donors (Lipinski definition) is 1. The molecule has 0 aliphatic heterocycles. The van der Waals surface area contributed by atoms with Gasteiger partial charge in [0, 0.05) is 11.0 Å². The van der Waals surface area contributed by atoms with Gasteiger partial charge in [-0.15, -0.1) is 11.3 Å². The number of nitrogens with one attached hydrogen (secondary N) is 1. The van der Waals surface area contributed by atoms with Crippen molar-refractivity contribution in [1.82, 2.24) is 0 Å². The van der Waals surface area contributed by atoms with E-state index < -0.39 is 0 Å². The number of rotatable bonds is 11. The molecule has 1 aliphatic carbocycles. The van der Waals surface area contributed by atoms with Gasteiger partial charge in [0.1, 0.15) is 5.00 Å². The van der Waals surface area contributed by atoms with Gasteiger partial charge in [0.05, 0.1) is 25.4 Å². The third-order valence-corrected chi connectivity index (χ3v) is 6.55. The molecule has 1 amide bonds. The van der Waals surface area contributed by atoms with E-state index in [2.05, 4.69) is 12.2 Å². The van der Waals surface area contributed by atoms with Gasteiger partial charge in [-0.3, -0.25) is 4.79 Å². The Bertz CT molecular complexity index is 995. The summed E-state index contributed by atoms with van der Waals surface area (Å²) in [5, 5.41) is 3.47. The molecule has 178 valence electrons. The number of anilines is 1. The van der Waals surface area contributed by atoms with Gasteiger partial charge in [0.2, 0.25) is 5.91 Å². The summed E-state index contributed by atoms with van der Waals surface area (Å²) in [5.41, 5.74) is 2.38. The zero-order valence-electron chi connectivity index (χ0n) is 19.7. The molecule has 33 heavy (non-hydrogen) atoms. The first-order valence-corrected chi connectivity index (χ1v) is 12.6.